The molecule has 2 aliphatic rings. The van der Waals surface area contributed by atoms with Crippen molar-refractivity contribution in [2.45, 2.75) is 18.9 Å². The minimum absolute atomic E-state index is 0.0311. The Kier molecular flexibility index (Phi) is 4.96. The number of aryl methyl sites for hydroxylation is 2. The molecule has 26 heavy (non-hydrogen) atoms. The first-order chi connectivity index (χ1) is 12.8. The van der Waals surface area contributed by atoms with Crippen LogP contribution in [-0.2, 0) is 12.8 Å². The lowest BCUT2D eigenvalue weighted by molar-refractivity contribution is 0.106. The summed E-state index contributed by atoms with van der Waals surface area (Å²) in [6.07, 6.45) is 2.99. The standard InChI is InChI=1S/C22H26N2O2/c25-16-19(26)15-23-11-13-24(14-12-23)22-20-7-3-1-5-17(20)9-10-18-6-2-4-8-21(18)22/h1-8,16,22,25-26H,9-15H2/b19-16+. The monoisotopic (exact) mass is 350 g/mol. The maximum atomic E-state index is 9.58. The maximum absolute atomic E-state index is 9.58. The zero-order chi connectivity index (χ0) is 17.9. The average molecular weight is 350 g/mol. The number of fused-ring (bicyclic) bond motifs is 2. The number of rotatable bonds is 3. The van der Waals surface area contributed by atoms with Crippen molar-refractivity contribution in [3.8, 4) is 0 Å². The molecule has 1 heterocycles. The zero-order valence-electron chi connectivity index (χ0n) is 15.0. The van der Waals surface area contributed by atoms with Crippen molar-refractivity contribution in [3.63, 3.8) is 0 Å². The first-order valence-corrected chi connectivity index (χ1v) is 9.40. The van der Waals surface area contributed by atoms with Crippen LogP contribution < -0.4 is 0 Å². The Bertz CT molecular complexity index is 747. The third kappa shape index (κ3) is 3.35. The van der Waals surface area contributed by atoms with Crippen molar-refractivity contribution in [2.24, 2.45) is 0 Å². The molecule has 0 amide bonds. The normalized spacial score (nSPS) is 19.6. The van der Waals surface area contributed by atoms with Crippen molar-refractivity contribution >= 4 is 0 Å². The largest absolute Gasteiger partial charge is 0.512 e. The zero-order valence-corrected chi connectivity index (χ0v) is 15.0. The molecular weight excluding hydrogens is 324 g/mol. The molecule has 1 aliphatic carbocycles. The summed E-state index contributed by atoms with van der Waals surface area (Å²) in [7, 11) is 0. The summed E-state index contributed by atoms with van der Waals surface area (Å²) >= 11 is 0. The Morgan fingerprint density at radius 1 is 0.885 bits per heavy atom. The van der Waals surface area contributed by atoms with Crippen molar-refractivity contribution in [3.05, 3.63) is 82.8 Å². The number of aliphatic hydroxyl groups is 2. The molecule has 4 heteroatoms. The molecule has 0 radical (unpaired) electrons. The molecule has 0 atom stereocenters. The maximum Gasteiger partial charge on any atom is 0.140 e. The highest BCUT2D eigenvalue weighted by Gasteiger charge is 2.30. The molecule has 1 aliphatic heterocycles. The Morgan fingerprint density at radius 2 is 1.42 bits per heavy atom. The number of piperazine rings is 1. The first-order valence-electron chi connectivity index (χ1n) is 9.40. The van der Waals surface area contributed by atoms with Gasteiger partial charge < -0.3 is 10.2 Å². The number of nitrogens with zero attached hydrogens (tertiary/aromatic N) is 2. The van der Waals surface area contributed by atoms with E-state index >= 15 is 0 Å². The molecule has 0 saturated carbocycles. The number of aliphatic hydroxyl groups excluding tert-OH is 2. The molecule has 2 aromatic carbocycles. The number of hydrogen-bond acceptors (Lipinski definition) is 4. The molecule has 4 nitrogen and oxygen atoms in total. The van der Waals surface area contributed by atoms with Gasteiger partial charge in [0.05, 0.1) is 12.6 Å². The number of hydrogen-bond donors (Lipinski definition) is 2. The summed E-state index contributed by atoms with van der Waals surface area (Å²) in [6, 6.07) is 18.0. The topological polar surface area (TPSA) is 46.9 Å². The van der Waals surface area contributed by atoms with Gasteiger partial charge in [0.1, 0.15) is 12.0 Å². The molecule has 2 aromatic rings. The lowest BCUT2D eigenvalue weighted by Crippen LogP contribution is -2.48. The second-order valence-corrected chi connectivity index (χ2v) is 7.23. The van der Waals surface area contributed by atoms with E-state index in [1.165, 1.54) is 22.3 Å². The van der Waals surface area contributed by atoms with Crippen molar-refractivity contribution in [2.75, 3.05) is 32.7 Å². The quantitative estimate of drug-likeness (QED) is 0.833. The predicted octanol–water partition coefficient (Wildman–Crippen LogP) is 3.45. The molecule has 2 N–H and O–H groups in total. The van der Waals surface area contributed by atoms with Crippen LogP contribution in [0.25, 0.3) is 0 Å². The Balaban J connectivity index is 1.62. The van der Waals surface area contributed by atoms with Gasteiger partial charge in [0.15, 0.2) is 0 Å². The van der Waals surface area contributed by atoms with Gasteiger partial charge in [-0.3, -0.25) is 9.80 Å². The minimum Gasteiger partial charge on any atom is -0.512 e. The van der Waals surface area contributed by atoms with E-state index in [1.54, 1.807) is 0 Å². The minimum atomic E-state index is 0.0311. The van der Waals surface area contributed by atoms with Crippen molar-refractivity contribution in [1.29, 1.82) is 0 Å². The van der Waals surface area contributed by atoms with E-state index in [-0.39, 0.29) is 5.76 Å². The Hall–Kier alpha value is -2.30. The van der Waals surface area contributed by atoms with Crippen LogP contribution >= 0.6 is 0 Å². The summed E-state index contributed by atoms with van der Waals surface area (Å²) in [5, 5.41) is 18.5. The van der Waals surface area contributed by atoms with Crippen molar-refractivity contribution in [1.82, 2.24) is 9.80 Å². The Labute approximate surface area is 155 Å². The molecule has 1 saturated heterocycles. The fourth-order valence-electron chi connectivity index (χ4n) is 4.34. The van der Waals surface area contributed by atoms with E-state index < -0.39 is 0 Å². The lowest BCUT2D eigenvalue weighted by Gasteiger charge is -2.40. The van der Waals surface area contributed by atoms with E-state index in [1.807, 2.05) is 0 Å². The van der Waals surface area contributed by atoms with E-state index in [4.69, 9.17) is 5.11 Å². The highest BCUT2D eigenvalue weighted by Crippen LogP contribution is 2.37. The molecule has 0 aromatic heterocycles. The van der Waals surface area contributed by atoms with E-state index in [0.717, 1.165) is 45.3 Å². The van der Waals surface area contributed by atoms with E-state index in [0.29, 0.717) is 12.6 Å². The van der Waals surface area contributed by atoms with Gasteiger partial charge in [-0.1, -0.05) is 48.5 Å². The summed E-state index contributed by atoms with van der Waals surface area (Å²) in [5.41, 5.74) is 5.78. The average Bonchev–Trinajstić information content (AvgIpc) is 2.85. The van der Waals surface area contributed by atoms with Crippen LogP contribution in [0.2, 0.25) is 0 Å². The van der Waals surface area contributed by atoms with Gasteiger partial charge in [-0.15, -0.1) is 0 Å². The van der Waals surface area contributed by atoms with Crippen LogP contribution in [0, 0.1) is 0 Å². The van der Waals surface area contributed by atoms with Crippen molar-refractivity contribution < 1.29 is 10.2 Å². The SMILES string of the molecule is O/C=C(/O)CN1CCN(C2c3ccccc3CCc3ccccc32)CC1. The second kappa shape index (κ2) is 7.52. The number of benzene rings is 2. The Morgan fingerprint density at radius 3 is 1.96 bits per heavy atom. The van der Waals surface area contributed by atoms with Gasteiger partial charge in [-0.2, -0.15) is 0 Å². The molecule has 0 unspecified atom stereocenters. The second-order valence-electron chi connectivity index (χ2n) is 7.23. The van der Waals surface area contributed by atoms with Gasteiger partial charge >= 0.3 is 0 Å². The van der Waals surface area contributed by atoms with Crippen LogP contribution in [0.15, 0.2) is 60.6 Å². The fourth-order valence-corrected chi connectivity index (χ4v) is 4.34. The van der Waals surface area contributed by atoms with Gasteiger partial charge in [0.2, 0.25) is 0 Å². The van der Waals surface area contributed by atoms with E-state index in [2.05, 4.69) is 58.3 Å². The molecule has 136 valence electrons. The molecular formula is C22H26N2O2. The van der Waals surface area contributed by atoms with E-state index in [9.17, 15) is 5.11 Å². The summed E-state index contributed by atoms with van der Waals surface area (Å²) in [4.78, 5) is 4.76. The van der Waals surface area contributed by atoms with Gasteiger partial charge in [0, 0.05) is 26.2 Å². The first kappa shape index (κ1) is 17.1. The van der Waals surface area contributed by atoms with Crippen LogP contribution in [0.1, 0.15) is 28.3 Å². The highest BCUT2D eigenvalue weighted by atomic mass is 16.3. The smallest absolute Gasteiger partial charge is 0.140 e. The molecule has 4 rings (SSSR count). The summed E-state index contributed by atoms with van der Waals surface area (Å²) < 4.78 is 0. The van der Waals surface area contributed by atoms with Crippen LogP contribution in [0.4, 0.5) is 0 Å². The van der Waals surface area contributed by atoms with Gasteiger partial charge in [-0.05, 0) is 35.1 Å². The highest BCUT2D eigenvalue weighted by molar-refractivity contribution is 5.44. The third-order valence-electron chi connectivity index (χ3n) is 5.67. The molecule has 1 fully saturated rings. The summed E-state index contributed by atoms with van der Waals surface area (Å²) in [6.45, 7) is 4.09. The lowest BCUT2D eigenvalue weighted by atomic mass is 9.93. The molecule has 0 spiro atoms. The third-order valence-corrected chi connectivity index (χ3v) is 5.67. The van der Waals surface area contributed by atoms with Gasteiger partial charge in [-0.25, -0.2) is 0 Å². The predicted molar refractivity (Wildman–Crippen MR) is 103 cm³/mol. The fraction of sp³-hybridized carbons (Fsp3) is 0.364. The van der Waals surface area contributed by atoms with Crippen LogP contribution in [-0.4, -0.2) is 52.7 Å². The van der Waals surface area contributed by atoms with Gasteiger partial charge in [0.25, 0.3) is 0 Å². The summed E-state index contributed by atoms with van der Waals surface area (Å²) in [5.74, 6) is 0.0311. The van der Waals surface area contributed by atoms with Crippen LogP contribution in [0.5, 0.6) is 0 Å². The molecule has 0 bridgehead atoms. The van der Waals surface area contributed by atoms with Crippen LogP contribution in [0.3, 0.4) is 0 Å².